The molecule has 0 aliphatic carbocycles. The summed E-state index contributed by atoms with van der Waals surface area (Å²) in [6.07, 6.45) is 0. The van der Waals surface area contributed by atoms with Crippen molar-refractivity contribution in [1.82, 2.24) is 10.6 Å². The molecule has 6 nitrogen and oxygen atoms in total. The van der Waals surface area contributed by atoms with Crippen molar-refractivity contribution in [3.05, 3.63) is 59.9 Å². The Kier molecular flexibility index (Phi) is 6.76. The van der Waals surface area contributed by atoms with Crippen molar-refractivity contribution in [2.45, 2.75) is 6.54 Å². The number of para-hydroxylation sites is 2. The van der Waals surface area contributed by atoms with Crippen molar-refractivity contribution in [2.75, 3.05) is 20.3 Å². The summed E-state index contributed by atoms with van der Waals surface area (Å²) in [5, 5.41) is 4.96. The van der Waals surface area contributed by atoms with Crippen molar-refractivity contribution in [3.8, 4) is 11.5 Å². The van der Waals surface area contributed by atoms with Crippen molar-refractivity contribution in [3.63, 3.8) is 0 Å². The molecular weight excluding hydrogens is 327 g/mol. The van der Waals surface area contributed by atoms with Gasteiger partial charge in [-0.1, -0.05) is 30.3 Å². The predicted molar refractivity (Wildman–Crippen MR) is 89.7 cm³/mol. The van der Waals surface area contributed by atoms with E-state index in [9.17, 15) is 14.0 Å². The highest BCUT2D eigenvalue weighted by atomic mass is 19.1. The summed E-state index contributed by atoms with van der Waals surface area (Å²) < 4.78 is 23.9. The first-order chi connectivity index (χ1) is 12.1. The number of amides is 2. The predicted octanol–water partition coefficient (Wildman–Crippen LogP) is 1.65. The molecule has 2 aromatic rings. The molecule has 2 rings (SSSR count). The molecular formula is C18H19FN2O4. The van der Waals surface area contributed by atoms with Gasteiger partial charge in [0.25, 0.3) is 5.91 Å². The van der Waals surface area contributed by atoms with E-state index in [0.717, 1.165) is 0 Å². The molecule has 0 radical (unpaired) electrons. The molecule has 0 aromatic heterocycles. The van der Waals surface area contributed by atoms with E-state index in [-0.39, 0.29) is 19.7 Å². The van der Waals surface area contributed by atoms with Gasteiger partial charge in [-0.05, 0) is 18.2 Å². The Balaban J connectivity index is 1.71. The Morgan fingerprint density at radius 1 is 0.960 bits per heavy atom. The van der Waals surface area contributed by atoms with Gasteiger partial charge in [-0.15, -0.1) is 0 Å². The standard InChI is InChI=1S/C18H19FN2O4/c1-24-15-8-4-5-9-16(15)25-12-18(23)21-11-17(22)20-10-13-6-2-3-7-14(13)19/h2-9H,10-12H2,1H3,(H,20,22)(H,21,23). The molecule has 0 saturated carbocycles. The van der Waals surface area contributed by atoms with Crippen molar-refractivity contribution < 1.29 is 23.5 Å². The molecule has 0 aliphatic rings. The van der Waals surface area contributed by atoms with Gasteiger partial charge in [0, 0.05) is 12.1 Å². The number of carbonyl (C=O) groups excluding carboxylic acids is 2. The van der Waals surface area contributed by atoms with E-state index in [2.05, 4.69) is 10.6 Å². The van der Waals surface area contributed by atoms with Crippen LogP contribution in [0.5, 0.6) is 11.5 Å². The van der Waals surface area contributed by atoms with Gasteiger partial charge >= 0.3 is 0 Å². The highest BCUT2D eigenvalue weighted by Crippen LogP contribution is 2.25. The van der Waals surface area contributed by atoms with Crippen LogP contribution in [0.25, 0.3) is 0 Å². The molecule has 25 heavy (non-hydrogen) atoms. The summed E-state index contributed by atoms with van der Waals surface area (Å²) in [5.74, 6) is -0.319. The normalized spacial score (nSPS) is 10.0. The number of hydrogen-bond acceptors (Lipinski definition) is 4. The fraction of sp³-hybridized carbons (Fsp3) is 0.222. The number of methoxy groups -OCH3 is 1. The minimum absolute atomic E-state index is 0.0547. The average molecular weight is 346 g/mol. The first-order valence-electron chi connectivity index (χ1n) is 7.62. The van der Waals surface area contributed by atoms with Gasteiger partial charge in [0.05, 0.1) is 13.7 Å². The summed E-state index contributed by atoms with van der Waals surface area (Å²) in [7, 11) is 1.50. The number of carbonyl (C=O) groups is 2. The molecule has 7 heteroatoms. The molecule has 0 spiro atoms. The second kappa shape index (κ2) is 9.27. The van der Waals surface area contributed by atoms with Crippen LogP contribution in [0.4, 0.5) is 4.39 Å². The molecule has 0 heterocycles. The summed E-state index contributed by atoms with van der Waals surface area (Å²) in [6, 6.07) is 13.1. The molecule has 0 bridgehead atoms. The van der Waals surface area contributed by atoms with Crippen LogP contribution in [-0.2, 0) is 16.1 Å². The molecule has 0 atom stereocenters. The first kappa shape index (κ1) is 18.3. The number of benzene rings is 2. The maximum atomic E-state index is 13.4. The van der Waals surface area contributed by atoms with Crippen LogP contribution in [0.15, 0.2) is 48.5 Å². The topological polar surface area (TPSA) is 76.7 Å². The lowest BCUT2D eigenvalue weighted by atomic mass is 10.2. The van der Waals surface area contributed by atoms with Gasteiger partial charge < -0.3 is 20.1 Å². The molecule has 2 N–H and O–H groups in total. The second-order valence-electron chi connectivity index (χ2n) is 5.08. The van der Waals surface area contributed by atoms with Crippen LogP contribution < -0.4 is 20.1 Å². The zero-order valence-electron chi connectivity index (χ0n) is 13.8. The third-order valence-corrected chi connectivity index (χ3v) is 3.31. The molecule has 0 aliphatic heterocycles. The van der Waals surface area contributed by atoms with Crippen LogP contribution in [0.1, 0.15) is 5.56 Å². The van der Waals surface area contributed by atoms with E-state index in [1.807, 2.05) is 0 Å². The van der Waals surface area contributed by atoms with Gasteiger partial charge in [-0.2, -0.15) is 0 Å². The SMILES string of the molecule is COc1ccccc1OCC(=O)NCC(=O)NCc1ccccc1F. The number of halogens is 1. The van der Waals surface area contributed by atoms with Crippen LogP contribution >= 0.6 is 0 Å². The minimum atomic E-state index is -0.452. The van der Waals surface area contributed by atoms with E-state index >= 15 is 0 Å². The third-order valence-electron chi connectivity index (χ3n) is 3.31. The highest BCUT2D eigenvalue weighted by Gasteiger charge is 2.09. The largest absolute Gasteiger partial charge is 0.493 e. The number of nitrogens with one attached hydrogen (secondary N) is 2. The highest BCUT2D eigenvalue weighted by molar-refractivity contribution is 5.85. The van der Waals surface area contributed by atoms with E-state index < -0.39 is 17.6 Å². The van der Waals surface area contributed by atoms with Crippen molar-refractivity contribution in [1.29, 1.82) is 0 Å². The van der Waals surface area contributed by atoms with Gasteiger partial charge in [0.1, 0.15) is 5.82 Å². The summed E-state index contributed by atoms with van der Waals surface area (Å²) in [4.78, 5) is 23.4. The zero-order valence-corrected chi connectivity index (χ0v) is 13.8. The lowest BCUT2D eigenvalue weighted by Crippen LogP contribution is -2.38. The fourth-order valence-corrected chi connectivity index (χ4v) is 2.01. The van der Waals surface area contributed by atoms with Crippen LogP contribution in [0.2, 0.25) is 0 Å². The van der Waals surface area contributed by atoms with Crippen LogP contribution in [0, 0.1) is 5.82 Å². The first-order valence-corrected chi connectivity index (χ1v) is 7.62. The monoisotopic (exact) mass is 346 g/mol. The molecule has 2 aromatic carbocycles. The summed E-state index contributed by atoms with van der Waals surface area (Å²) >= 11 is 0. The van der Waals surface area contributed by atoms with Crippen LogP contribution in [-0.4, -0.2) is 32.1 Å². The molecule has 2 amide bonds. The summed E-state index contributed by atoms with van der Waals surface area (Å²) in [5.41, 5.74) is 0.377. The summed E-state index contributed by atoms with van der Waals surface area (Å²) in [6.45, 7) is -0.414. The maximum absolute atomic E-state index is 13.4. The molecule has 0 saturated heterocycles. The Bertz CT molecular complexity index is 737. The lowest BCUT2D eigenvalue weighted by molar-refractivity contribution is -0.127. The number of hydrogen-bond donors (Lipinski definition) is 2. The number of rotatable bonds is 8. The molecule has 132 valence electrons. The van der Waals surface area contributed by atoms with E-state index in [4.69, 9.17) is 9.47 Å². The molecule has 0 fully saturated rings. The Labute approximate surface area is 144 Å². The third kappa shape index (κ3) is 5.80. The van der Waals surface area contributed by atoms with Gasteiger partial charge in [-0.3, -0.25) is 9.59 Å². The van der Waals surface area contributed by atoms with Crippen molar-refractivity contribution >= 4 is 11.8 Å². The van der Waals surface area contributed by atoms with Crippen LogP contribution in [0.3, 0.4) is 0 Å². The van der Waals surface area contributed by atoms with Gasteiger partial charge in [0.15, 0.2) is 18.1 Å². The second-order valence-corrected chi connectivity index (χ2v) is 5.08. The van der Waals surface area contributed by atoms with E-state index in [0.29, 0.717) is 17.1 Å². The van der Waals surface area contributed by atoms with Gasteiger partial charge in [-0.25, -0.2) is 4.39 Å². The number of ether oxygens (including phenoxy) is 2. The lowest BCUT2D eigenvalue weighted by Gasteiger charge is -2.10. The maximum Gasteiger partial charge on any atom is 0.258 e. The quantitative estimate of drug-likeness (QED) is 0.762. The Morgan fingerprint density at radius 3 is 2.36 bits per heavy atom. The molecule has 0 unspecified atom stereocenters. The van der Waals surface area contributed by atoms with Gasteiger partial charge in [0.2, 0.25) is 5.91 Å². The van der Waals surface area contributed by atoms with E-state index in [1.165, 1.54) is 13.2 Å². The smallest absolute Gasteiger partial charge is 0.258 e. The van der Waals surface area contributed by atoms with E-state index in [1.54, 1.807) is 42.5 Å². The fourth-order valence-electron chi connectivity index (χ4n) is 2.01. The zero-order chi connectivity index (χ0) is 18.1. The van der Waals surface area contributed by atoms with Crippen molar-refractivity contribution in [2.24, 2.45) is 0 Å². The average Bonchev–Trinajstić information content (AvgIpc) is 2.64. The Morgan fingerprint density at radius 2 is 1.64 bits per heavy atom. The Hall–Kier alpha value is -3.09. The minimum Gasteiger partial charge on any atom is -0.493 e.